The fraction of sp³-hybridized carbons (Fsp3) is 0. The summed E-state index contributed by atoms with van der Waals surface area (Å²) >= 11 is 0. The number of phenolic OH excluding ortho intramolecular Hbond substituents is 1. The number of phenols is 1. The maximum absolute atomic E-state index is 12.7. The minimum Gasteiger partial charge on any atom is -0.507 e. The third kappa shape index (κ3) is 3.23. The van der Waals surface area contributed by atoms with Gasteiger partial charge in [0.05, 0.1) is 11.1 Å². The number of rotatable bonds is 4. The smallest absolute Gasteiger partial charge is 0.343 e. The van der Waals surface area contributed by atoms with Gasteiger partial charge < -0.3 is 9.84 Å². The van der Waals surface area contributed by atoms with Crippen LogP contribution in [0.4, 0.5) is 0 Å². The molecular weight excluding hydrogens is 352 g/mol. The van der Waals surface area contributed by atoms with Gasteiger partial charge >= 0.3 is 5.97 Å². The lowest BCUT2D eigenvalue weighted by Gasteiger charge is -2.11. The standard InChI is InChI=1S/C24H16O4/c25-22(16-8-3-1-4-9-16)20-15-14-18-19(23(20)26)12-7-13-21(18)28-24(27)17-10-5-2-6-11-17/h1-15,26H. The molecule has 0 aliphatic carbocycles. The van der Waals surface area contributed by atoms with E-state index in [2.05, 4.69) is 0 Å². The van der Waals surface area contributed by atoms with Crippen LogP contribution >= 0.6 is 0 Å². The van der Waals surface area contributed by atoms with Crippen molar-refractivity contribution in [1.82, 2.24) is 0 Å². The molecule has 0 saturated heterocycles. The van der Waals surface area contributed by atoms with E-state index in [1.54, 1.807) is 78.9 Å². The first-order chi connectivity index (χ1) is 13.6. The zero-order chi connectivity index (χ0) is 19.5. The molecule has 4 aromatic carbocycles. The number of hydrogen-bond donors (Lipinski definition) is 1. The number of benzene rings is 4. The Kier molecular flexibility index (Phi) is 4.60. The van der Waals surface area contributed by atoms with Crippen molar-refractivity contribution in [3.8, 4) is 11.5 Å². The van der Waals surface area contributed by atoms with Gasteiger partial charge in [-0.3, -0.25) is 4.79 Å². The average Bonchev–Trinajstić information content (AvgIpc) is 2.75. The third-order valence-electron chi connectivity index (χ3n) is 4.49. The Morgan fingerprint density at radius 1 is 0.643 bits per heavy atom. The predicted molar refractivity (Wildman–Crippen MR) is 107 cm³/mol. The number of carbonyl (C=O) groups is 2. The van der Waals surface area contributed by atoms with Crippen molar-refractivity contribution in [3.05, 3.63) is 108 Å². The first kappa shape index (κ1) is 17.5. The molecule has 0 amide bonds. The summed E-state index contributed by atoms with van der Waals surface area (Å²) in [5, 5.41) is 11.7. The SMILES string of the molecule is O=C(Oc1cccc2c(O)c(C(=O)c3ccccc3)ccc12)c1ccccc1. The summed E-state index contributed by atoms with van der Waals surface area (Å²) in [6.07, 6.45) is 0. The van der Waals surface area contributed by atoms with Crippen LogP contribution in [0, 0.1) is 0 Å². The number of esters is 1. The van der Waals surface area contributed by atoms with Crippen molar-refractivity contribution in [2.24, 2.45) is 0 Å². The molecule has 0 aliphatic heterocycles. The Morgan fingerprint density at radius 3 is 1.96 bits per heavy atom. The van der Waals surface area contributed by atoms with E-state index in [9.17, 15) is 14.7 Å². The Bertz CT molecular complexity index is 1170. The molecule has 4 heteroatoms. The fourth-order valence-corrected chi connectivity index (χ4v) is 3.06. The van der Waals surface area contributed by atoms with Gasteiger partial charge in [0.25, 0.3) is 0 Å². The molecule has 0 fully saturated rings. The Balaban J connectivity index is 1.73. The van der Waals surface area contributed by atoms with Crippen LogP contribution in [-0.4, -0.2) is 16.9 Å². The van der Waals surface area contributed by atoms with E-state index >= 15 is 0 Å². The number of fused-ring (bicyclic) bond motifs is 1. The molecule has 0 atom stereocenters. The van der Waals surface area contributed by atoms with Crippen LogP contribution in [0.3, 0.4) is 0 Å². The van der Waals surface area contributed by atoms with Crippen LogP contribution in [0.15, 0.2) is 91.0 Å². The molecule has 4 nitrogen and oxygen atoms in total. The van der Waals surface area contributed by atoms with Crippen LogP contribution < -0.4 is 4.74 Å². The Hall–Kier alpha value is -3.92. The minimum atomic E-state index is -0.489. The van der Waals surface area contributed by atoms with Crippen LogP contribution in [0.2, 0.25) is 0 Å². The zero-order valence-electron chi connectivity index (χ0n) is 14.8. The molecule has 4 aromatic rings. The predicted octanol–water partition coefficient (Wildman–Crippen LogP) is 5.00. The van der Waals surface area contributed by atoms with E-state index in [0.717, 1.165) is 0 Å². The minimum absolute atomic E-state index is 0.135. The van der Waals surface area contributed by atoms with Crippen molar-refractivity contribution >= 4 is 22.5 Å². The monoisotopic (exact) mass is 368 g/mol. The van der Waals surface area contributed by atoms with E-state index in [-0.39, 0.29) is 17.1 Å². The van der Waals surface area contributed by atoms with Gasteiger partial charge in [0.15, 0.2) is 5.78 Å². The lowest BCUT2D eigenvalue weighted by atomic mass is 9.98. The van der Waals surface area contributed by atoms with Crippen molar-refractivity contribution in [2.45, 2.75) is 0 Å². The number of carbonyl (C=O) groups excluding carboxylic acids is 2. The highest BCUT2D eigenvalue weighted by Crippen LogP contribution is 2.35. The molecule has 0 aliphatic rings. The second-order valence-corrected chi connectivity index (χ2v) is 6.26. The summed E-state index contributed by atoms with van der Waals surface area (Å²) in [5.41, 5.74) is 1.12. The second kappa shape index (κ2) is 7.37. The maximum atomic E-state index is 12.7. The molecule has 0 radical (unpaired) electrons. The lowest BCUT2D eigenvalue weighted by molar-refractivity contribution is 0.0736. The van der Waals surface area contributed by atoms with E-state index in [1.807, 2.05) is 12.1 Å². The second-order valence-electron chi connectivity index (χ2n) is 6.26. The van der Waals surface area contributed by atoms with Crippen LogP contribution in [0.1, 0.15) is 26.3 Å². The Morgan fingerprint density at radius 2 is 1.29 bits per heavy atom. The van der Waals surface area contributed by atoms with Gasteiger partial charge in [-0.05, 0) is 30.3 Å². The first-order valence-corrected chi connectivity index (χ1v) is 8.77. The molecule has 28 heavy (non-hydrogen) atoms. The van der Waals surface area contributed by atoms with Crippen molar-refractivity contribution in [3.63, 3.8) is 0 Å². The fourth-order valence-electron chi connectivity index (χ4n) is 3.06. The van der Waals surface area contributed by atoms with Gasteiger partial charge in [-0.1, -0.05) is 60.7 Å². The van der Waals surface area contributed by atoms with Crippen LogP contribution in [0.5, 0.6) is 11.5 Å². The normalized spacial score (nSPS) is 10.6. The average molecular weight is 368 g/mol. The summed E-state index contributed by atoms with van der Waals surface area (Å²) in [6, 6.07) is 25.7. The van der Waals surface area contributed by atoms with E-state index in [4.69, 9.17) is 4.74 Å². The molecular formula is C24H16O4. The molecule has 4 rings (SSSR count). The Labute approximate surface area is 161 Å². The summed E-state index contributed by atoms with van der Waals surface area (Å²) in [6.45, 7) is 0. The van der Waals surface area contributed by atoms with E-state index < -0.39 is 5.97 Å². The van der Waals surface area contributed by atoms with Gasteiger partial charge in [0.1, 0.15) is 11.5 Å². The lowest BCUT2D eigenvalue weighted by Crippen LogP contribution is -2.08. The molecule has 0 spiro atoms. The highest BCUT2D eigenvalue weighted by atomic mass is 16.5. The molecule has 0 saturated carbocycles. The highest BCUT2D eigenvalue weighted by molar-refractivity contribution is 6.14. The quantitative estimate of drug-likeness (QED) is 0.313. The largest absolute Gasteiger partial charge is 0.507 e. The van der Waals surface area contributed by atoms with Gasteiger partial charge in [-0.2, -0.15) is 0 Å². The van der Waals surface area contributed by atoms with Gasteiger partial charge in [-0.25, -0.2) is 4.79 Å². The molecule has 0 heterocycles. The summed E-state index contributed by atoms with van der Waals surface area (Å²) in [7, 11) is 0. The number of hydrogen-bond acceptors (Lipinski definition) is 4. The van der Waals surface area contributed by atoms with Gasteiger partial charge in [0, 0.05) is 16.3 Å². The zero-order valence-corrected chi connectivity index (χ0v) is 14.8. The van der Waals surface area contributed by atoms with Crippen molar-refractivity contribution < 1.29 is 19.4 Å². The topological polar surface area (TPSA) is 63.6 Å². The maximum Gasteiger partial charge on any atom is 0.343 e. The molecule has 1 N–H and O–H groups in total. The van der Waals surface area contributed by atoms with Crippen LogP contribution in [0.25, 0.3) is 10.8 Å². The van der Waals surface area contributed by atoms with Crippen molar-refractivity contribution in [2.75, 3.05) is 0 Å². The number of ketones is 1. The molecule has 0 unspecified atom stereocenters. The summed E-state index contributed by atoms with van der Waals surface area (Å²) in [4.78, 5) is 25.1. The van der Waals surface area contributed by atoms with E-state index in [1.165, 1.54) is 0 Å². The summed E-state index contributed by atoms with van der Waals surface area (Å²) < 4.78 is 5.52. The molecule has 0 aromatic heterocycles. The third-order valence-corrected chi connectivity index (χ3v) is 4.49. The van der Waals surface area contributed by atoms with Crippen molar-refractivity contribution in [1.29, 1.82) is 0 Å². The number of aromatic hydroxyl groups is 1. The highest BCUT2D eigenvalue weighted by Gasteiger charge is 2.18. The first-order valence-electron chi connectivity index (χ1n) is 8.77. The van der Waals surface area contributed by atoms with Gasteiger partial charge in [0.2, 0.25) is 0 Å². The van der Waals surface area contributed by atoms with Crippen LogP contribution in [-0.2, 0) is 0 Å². The van der Waals surface area contributed by atoms with Gasteiger partial charge in [-0.15, -0.1) is 0 Å². The van der Waals surface area contributed by atoms with E-state index in [0.29, 0.717) is 27.6 Å². The molecule has 0 bridgehead atoms. The number of ether oxygens (including phenoxy) is 1. The molecule has 136 valence electrons. The summed E-state index contributed by atoms with van der Waals surface area (Å²) in [5.74, 6) is -0.576.